The van der Waals surface area contributed by atoms with Gasteiger partial charge in [0.25, 0.3) is 5.91 Å². The van der Waals surface area contributed by atoms with E-state index in [1.165, 1.54) is 5.39 Å². The molecular formula is C21H20N4O. The van der Waals surface area contributed by atoms with E-state index in [-0.39, 0.29) is 11.9 Å². The molecule has 2 heterocycles. The van der Waals surface area contributed by atoms with Crippen LogP contribution < -0.4 is 11.1 Å². The Morgan fingerprint density at radius 3 is 2.73 bits per heavy atom. The van der Waals surface area contributed by atoms with E-state index in [2.05, 4.69) is 34.6 Å². The number of carbonyl (C=O) groups excluding carboxylic acids is 1. The van der Waals surface area contributed by atoms with Gasteiger partial charge in [-0.1, -0.05) is 36.4 Å². The molecule has 1 amide bonds. The van der Waals surface area contributed by atoms with Crippen molar-refractivity contribution in [2.75, 3.05) is 6.54 Å². The first-order chi connectivity index (χ1) is 12.6. The lowest BCUT2D eigenvalue weighted by molar-refractivity contribution is 0.0937. The molecule has 0 spiro atoms. The van der Waals surface area contributed by atoms with Crippen molar-refractivity contribution in [3.63, 3.8) is 0 Å². The summed E-state index contributed by atoms with van der Waals surface area (Å²) in [6, 6.07) is 17.7. The number of pyridine rings is 1. The second-order valence-corrected chi connectivity index (χ2v) is 6.43. The van der Waals surface area contributed by atoms with Crippen molar-refractivity contribution in [3.05, 3.63) is 83.8 Å². The smallest absolute Gasteiger partial charge is 0.253 e. The Labute approximate surface area is 151 Å². The van der Waals surface area contributed by atoms with Crippen molar-refractivity contribution in [2.45, 2.75) is 13.0 Å². The zero-order valence-corrected chi connectivity index (χ0v) is 14.5. The predicted octanol–water partition coefficient (Wildman–Crippen LogP) is 3.23. The number of fused-ring (bicyclic) bond motifs is 2. The van der Waals surface area contributed by atoms with Crippen LogP contribution in [0.15, 0.2) is 67.0 Å². The van der Waals surface area contributed by atoms with Crippen LogP contribution in [0.5, 0.6) is 0 Å². The zero-order chi connectivity index (χ0) is 18.1. The number of aryl methyl sites for hydroxylation is 1. The number of hydrogen-bond donors (Lipinski definition) is 2. The van der Waals surface area contributed by atoms with Gasteiger partial charge in [-0.05, 0) is 41.5 Å². The highest BCUT2D eigenvalue weighted by Crippen LogP contribution is 2.20. The summed E-state index contributed by atoms with van der Waals surface area (Å²) >= 11 is 0. The summed E-state index contributed by atoms with van der Waals surface area (Å²) in [6.07, 6.45) is 3.69. The number of nitrogens with zero attached hydrogens (tertiary/aromatic N) is 2. The Morgan fingerprint density at radius 2 is 1.92 bits per heavy atom. The maximum Gasteiger partial charge on any atom is 0.253 e. The van der Waals surface area contributed by atoms with Crippen molar-refractivity contribution < 1.29 is 4.79 Å². The van der Waals surface area contributed by atoms with E-state index in [4.69, 9.17) is 5.73 Å². The van der Waals surface area contributed by atoms with Gasteiger partial charge in [-0.3, -0.25) is 4.79 Å². The number of amides is 1. The molecule has 4 aromatic rings. The van der Waals surface area contributed by atoms with Crippen molar-refractivity contribution in [1.82, 2.24) is 14.7 Å². The van der Waals surface area contributed by atoms with Gasteiger partial charge in [0.1, 0.15) is 5.65 Å². The highest BCUT2D eigenvalue weighted by Gasteiger charge is 2.15. The number of imidazole rings is 1. The summed E-state index contributed by atoms with van der Waals surface area (Å²) in [6.45, 7) is 2.26. The lowest BCUT2D eigenvalue weighted by Crippen LogP contribution is -2.33. The monoisotopic (exact) mass is 344 g/mol. The van der Waals surface area contributed by atoms with Crippen molar-refractivity contribution in [1.29, 1.82) is 0 Å². The van der Waals surface area contributed by atoms with E-state index in [0.717, 1.165) is 22.3 Å². The molecule has 0 fully saturated rings. The van der Waals surface area contributed by atoms with Gasteiger partial charge >= 0.3 is 0 Å². The first kappa shape index (κ1) is 16.3. The van der Waals surface area contributed by atoms with Crippen LogP contribution in [0.25, 0.3) is 16.4 Å². The Balaban J connectivity index is 1.60. The molecule has 0 radical (unpaired) electrons. The number of aromatic nitrogens is 2. The van der Waals surface area contributed by atoms with E-state index in [1.807, 2.05) is 41.8 Å². The molecule has 0 aliphatic rings. The highest BCUT2D eigenvalue weighted by molar-refractivity contribution is 5.94. The van der Waals surface area contributed by atoms with Crippen molar-refractivity contribution >= 4 is 22.3 Å². The van der Waals surface area contributed by atoms with Gasteiger partial charge in [0.05, 0.1) is 17.3 Å². The molecule has 0 aliphatic carbocycles. The molecule has 5 heteroatoms. The number of nitrogens with two attached hydrogens (primary N) is 1. The first-order valence-corrected chi connectivity index (χ1v) is 8.59. The molecule has 0 aliphatic heterocycles. The largest absolute Gasteiger partial charge is 0.344 e. The zero-order valence-electron chi connectivity index (χ0n) is 14.5. The molecule has 130 valence electrons. The number of nitrogens with one attached hydrogen (secondary N) is 1. The third kappa shape index (κ3) is 3.05. The quantitative estimate of drug-likeness (QED) is 0.597. The molecule has 2 aromatic heterocycles. The molecule has 1 unspecified atom stereocenters. The lowest BCUT2D eigenvalue weighted by atomic mass is 10.0. The van der Waals surface area contributed by atoms with Crippen LogP contribution in [0, 0.1) is 6.92 Å². The van der Waals surface area contributed by atoms with Crippen LogP contribution in [-0.4, -0.2) is 21.8 Å². The van der Waals surface area contributed by atoms with E-state index in [0.29, 0.717) is 12.1 Å². The van der Waals surface area contributed by atoms with Crippen LogP contribution >= 0.6 is 0 Å². The topological polar surface area (TPSA) is 72.4 Å². The minimum absolute atomic E-state index is 0.151. The average molecular weight is 344 g/mol. The van der Waals surface area contributed by atoms with Crippen LogP contribution in [0.4, 0.5) is 0 Å². The van der Waals surface area contributed by atoms with Gasteiger partial charge in [-0.25, -0.2) is 4.98 Å². The Kier molecular flexibility index (Phi) is 4.14. The molecule has 0 saturated carbocycles. The third-order valence-corrected chi connectivity index (χ3v) is 4.55. The number of hydrogen-bond acceptors (Lipinski definition) is 3. The second-order valence-electron chi connectivity index (χ2n) is 6.43. The van der Waals surface area contributed by atoms with Crippen LogP contribution in [0.1, 0.15) is 27.7 Å². The van der Waals surface area contributed by atoms with Gasteiger partial charge in [0.2, 0.25) is 0 Å². The fourth-order valence-electron chi connectivity index (χ4n) is 3.20. The minimum Gasteiger partial charge on any atom is -0.344 e. The Bertz CT molecular complexity index is 1100. The molecule has 1 atom stereocenters. The second kappa shape index (κ2) is 6.61. The first-order valence-electron chi connectivity index (χ1n) is 8.59. The Hall–Kier alpha value is -3.18. The molecule has 5 nitrogen and oxygen atoms in total. The van der Waals surface area contributed by atoms with E-state index < -0.39 is 0 Å². The van der Waals surface area contributed by atoms with E-state index in [9.17, 15) is 4.79 Å². The minimum atomic E-state index is -0.243. The number of rotatable bonds is 4. The highest BCUT2D eigenvalue weighted by atomic mass is 16.1. The fraction of sp³-hybridized carbons (Fsp3) is 0.143. The third-order valence-electron chi connectivity index (χ3n) is 4.55. The van der Waals surface area contributed by atoms with E-state index >= 15 is 0 Å². The van der Waals surface area contributed by atoms with Crippen LogP contribution in [0.2, 0.25) is 0 Å². The maximum atomic E-state index is 12.7. The normalized spacial score (nSPS) is 12.4. The fourth-order valence-corrected chi connectivity index (χ4v) is 3.20. The predicted molar refractivity (Wildman–Crippen MR) is 103 cm³/mol. The standard InChI is InChI=1S/C21H20N4O/c1-14-12-25-13-18(8-9-20(25)23-14)21(26)24-19(11-22)17-7-6-15-4-2-3-5-16(15)10-17/h2-10,12-13,19H,11,22H2,1H3,(H,24,26). The summed E-state index contributed by atoms with van der Waals surface area (Å²) < 4.78 is 1.86. The van der Waals surface area contributed by atoms with Crippen molar-refractivity contribution in [2.24, 2.45) is 5.73 Å². The van der Waals surface area contributed by atoms with Crippen LogP contribution in [0.3, 0.4) is 0 Å². The SMILES string of the molecule is Cc1cn2cc(C(=O)NC(CN)c3ccc4ccccc4c3)ccc2n1. The molecule has 26 heavy (non-hydrogen) atoms. The average Bonchev–Trinajstić information content (AvgIpc) is 3.04. The van der Waals surface area contributed by atoms with Gasteiger partial charge in [-0.15, -0.1) is 0 Å². The summed E-state index contributed by atoms with van der Waals surface area (Å²) in [5.41, 5.74) is 9.25. The molecule has 0 bridgehead atoms. The molecule has 4 rings (SSSR count). The summed E-state index contributed by atoms with van der Waals surface area (Å²) in [5.74, 6) is -0.151. The number of carbonyl (C=O) groups is 1. The van der Waals surface area contributed by atoms with Crippen LogP contribution in [-0.2, 0) is 0 Å². The molecule has 3 N–H and O–H groups in total. The molecule has 0 saturated heterocycles. The van der Waals surface area contributed by atoms with Gasteiger partial charge < -0.3 is 15.5 Å². The maximum absolute atomic E-state index is 12.7. The summed E-state index contributed by atoms with van der Waals surface area (Å²) in [7, 11) is 0. The van der Waals surface area contributed by atoms with Crippen molar-refractivity contribution in [3.8, 4) is 0 Å². The molecule has 2 aromatic carbocycles. The molecular weight excluding hydrogens is 324 g/mol. The Morgan fingerprint density at radius 1 is 1.12 bits per heavy atom. The lowest BCUT2D eigenvalue weighted by Gasteiger charge is -2.18. The summed E-state index contributed by atoms with van der Waals surface area (Å²) in [4.78, 5) is 17.1. The van der Waals surface area contributed by atoms with E-state index in [1.54, 1.807) is 12.3 Å². The summed E-state index contributed by atoms with van der Waals surface area (Å²) in [5, 5.41) is 5.34. The van der Waals surface area contributed by atoms with Gasteiger partial charge in [0, 0.05) is 18.9 Å². The number of benzene rings is 2. The van der Waals surface area contributed by atoms with Gasteiger partial charge in [0.15, 0.2) is 0 Å². The van der Waals surface area contributed by atoms with Gasteiger partial charge in [-0.2, -0.15) is 0 Å².